The lowest BCUT2D eigenvalue weighted by Gasteiger charge is -2.13. The van der Waals surface area contributed by atoms with Crippen LogP contribution in [-0.2, 0) is 5.41 Å². The Morgan fingerprint density at radius 2 is 2.00 bits per heavy atom. The van der Waals surface area contributed by atoms with Gasteiger partial charge in [-0.05, 0) is 18.9 Å². The highest BCUT2D eigenvalue weighted by molar-refractivity contribution is 6.29. The van der Waals surface area contributed by atoms with Crippen molar-refractivity contribution in [1.82, 2.24) is 9.97 Å². The third-order valence-electron chi connectivity index (χ3n) is 3.80. The van der Waals surface area contributed by atoms with Crippen molar-refractivity contribution in [2.75, 3.05) is 5.32 Å². The van der Waals surface area contributed by atoms with Crippen molar-refractivity contribution in [3.8, 4) is 0 Å². The lowest BCUT2D eigenvalue weighted by molar-refractivity contribution is 0.756. The van der Waals surface area contributed by atoms with Crippen LogP contribution >= 0.6 is 11.6 Å². The quantitative estimate of drug-likeness (QED) is 0.869. The Hall–Kier alpha value is -1.61. The molecule has 0 radical (unpaired) electrons. The molecule has 2 atom stereocenters. The summed E-state index contributed by atoms with van der Waals surface area (Å²) in [5.41, 5.74) is 1.55. The second-order valence-electron chi connectivity index (χ2n) is 5.31. The van der Waals surface area contributed by atoms with E-state index in [0.717, 1.165) is 12.2 Å². The number of nitrogens with one attached hydrogen (secondary N) is 1. The Kier molecular flexibility index (Phi) is 2.94. The molecule has 1 aliphatic carbocycles. The molecular formula is C15H16ClN3. The first kappa shape index (κ1) is 12.4. The Balaban J connectivity index is 1.77. The number of hydrogen-bond donors (Lipinski definition) is 1. The number of hydrogen-bond acceptors (Lipinski definition) is 3. The van der Waals surface area contributed by atoms with Crippen LogP contribution < -0.4 is 5.32 Å². The number of aromatic nitrogens is 2. The molecule has 1 fully saturated rings. The molecule has 4 heteroatoms. The molecule has 19 heavy (non-hydrogen) atoms. The van der Waals surface area contributed by atoms with E-state index < -0.39 is 0 Å². The van der Waals surface area contributed by atoms with E-state index >= 15 is 0 Å². The summed E-state index contributed by atoms with van der Waals surface area (Å²) in [7, 11) is 0. The predicted octanol–water partition coefficient (Wildman–Crippen LogP) is 3.58. The second kappa shape index (κ2) is 4.49. The first-order valence-electron chi connectivity index (χ1n) is 6.41. The third-order valence-corrected chi connectivity index (χ3v) is 3.99. The van der Waals surface area contributed by atoms with Crippen LogP contribution in [0.15, 0.2) is 36.4 Å². The van der Waals surface area contributed by atoms with Crippen molar-refractivity contribution in [3.63, 3.8) is 0 Å². The molecule has 3 nitrogen and oxygen atoms in total. The summed E-state index contributed by atoms with van der Waals surface area (Å²) >= 11 is 5.95. The third kappa shape index (κ3) is 2.43. The highest BCUT2D eigenvalue weighted by Crippen LogP contribution is 2.49. The van der Waals surface area contributed by atoms with E-state index in [9.17, 15) is 0 Å². The van der Waals surface area contributed by atoms with Crippen molar-refractivity contribution in [3.05, 3.63) is 52.9 Å². The van der Waals surface area contributed by atoms with E-state index in [1.165, 1.54) is 5.56 Å². The molecule has 3 rings (SSSR count). The molecule has 0 aliphatic heterocycles. The van der Waals surface area contributed by atoms with Gasteiger partial charge in [0.2, 0.25) is 0 Å². The van der Waals surface area contributed by atoms with Crippen LogP contribution in [0, 0.1) is 6.92 Å². The summed E-state index contributed by atoms with van der Waals surface area (Å²) < 4.78 is 0. The molecule has 0 saturated heterocycles. The largest absolute Gasteiger partial charge is 0.366 e. The Labute approximate surface area is 118 Å². The van der Waals surface area contributed by atoms with Crippen LogP contribution in [0.25, 0.3) is 0 Å². The minimum atomic E-state index is 0.187. The number of halogens is 1. The zero-order chi connectivity index (χ0) is 13.5. The van der Waals surface area contributed by atoms with Gasteiger partial charge in [0.05, 0.1) is 0 Å². The van der Waals surface area contributed by atoms with Gasteiger partial charge in [0, 0.05) is 17.5 Å². The molecule has 98 valence electrons. The van der Waals surface area contributed by atoms with Crippen LogP contribution in [-0.4, -0.2) is 16.0 Å². The van der Waals surface area contributed by atoms with Crippen molar-refractivity contribution in [2.24, 2.45) is 0 Å². The number of nitrogens with zero attached hydrogens (tertiary/aromatic N) is 2. The van der Waals surface area contributed by atoms with Gasteiger partial charge < -0.3 is 5.32 Å². The van der Waals surface area contributed by atoms with Crippen LogP contribution in [0.5, 0.6) is 0 Å². The fourth-order valence-electron chi connectivity index (χ4n) is 2.50. The van der Waals surface area contributed by atoms with Gasteiger partial charge in [-0.15, -0.1) is 0 Å². The number of rotatable bonds is 3. The molecule has 0 amide bonds. The normalized spacial score (nSPS) is 25.1. The fourth-order valence-corrected chi connectivity index (χ4v) is 2.72. The molecule has 1 aliphatic rings. The van der Waals surface area contributed by atoms with Gasteiger partial charge in [-0.1, -0.05) is 48.9 Å². The highest BCUT2D eigenvalue weighted by Gasteiger charge is 2.51. The molecule has 2 aromatic rings. The molecule has 1 saturated carbocycles. The minimum absolute atomic E-state index is 0.187. The summed E-state index contributed by atoms with van der Waals surface area (Å²) in [6.07, 6.45) is 1.11. The average Bonchev–Trinajstić information content (AvgIpc) is 3.01. The van der Waals surface area contributed by atoms with Crippen LogP contribution in [0.1, 0.15) is 24.7 Å². The Bertz CT molecular complexity index is 579. The van der Waals surface area contributed by atoms with E-state index in [-0.39, 0.29) is 5.41 Å². The van der Waals surface area contributed by atoms with E-state index in [1.54, 1.807) is 6.07 Å². The lowest BCUT2D eigenvalue weighted by Crippen LogP contribution is -2.15. The van der Waals surface area contributed by atoms with E-state index in [0.29, 0.717) is 17.0 Å². The molecular weight excluding hydrogens is 258 g/mol. The summed E-state index contributed by atoms with van der Waals surface area (Å²) in [6.45, 7) is 4.12. The molecule has 1 N–H and O–H groups in total. The number of anilines is 1. The maximum absolute atomic E-state index is 5.95. The lowest BCUT2D eigenvalue weighted by atomic mass is 9.98. The van der Waals surface area contributed by atoms with Gasteiger partial charge in [-0.25, -0.2) is 9.97 Å². The second-order valence-corrected chi connectivity index (χ2v) is 5.69. The molecule has 1 aromatic carbocycles. The standard InChI is InChI=1S/C15H16ClN3/c1-10-17-13(16)8-14(18-10)19-12-9-15(12,2)11-6-4-3-5-7-11/h3-8,12H,9H2,1-2H3,(H,17,18,19)/t12-,15+/m1/s1. The van der Waals surface area contributed by atoms with Crippen molar-refractivity contribution >= 4 is 17.4 Å². The van der Waals surface area contributed by atoms with Crippen LogP contribution in [0.3, 0.4) is 0 Å². The molecule has 1 aromatic heterocycles. The maximum Gasteiger partial charge on any atom is 0.134 e. The first-order valence-corrected chi connectivity index (χ1v) is 6.79. The number of aryl methyl sites for hydroxylation is 1. The van der Waals surface area contributed by atoms with E-state index in [2.05, 4.69) is 46.5 Å². The van der Waals surface area contributed by atoms with Crippen LogP contribution in [0.2, 0.25) is 5.15 Å². The monoisotopic (exact) mass is 273 g/mol. The summed E-state index contributed by atoms with van der Waals surface area (Å²) in [5, 5.41) is 3.93. The Morgan fingerprint density at radius 3 is 2.68 bits per heavy atom. The SMILES string of the molecule is Cc1nc(Cl)cc(N[C@@H]2C[C@@]2(C)c2ccccc2)n1. The summed E-state index contributed by atoms with van der Waals surface area (Å²) in [6, 6.07) is 12.8. The van der Waals surface area contributed by atoms with Crippen LogP contribution in [0.4, 0.5) is 5.82 Å². The average molecular weight is 274 g/mol. The summed E-state index contributed by atoms with van der Waals surface area (Å²) in [4.78, 5) is 8.44. The van der Waals surface area contributed by atoms with Crippen molar-refractivity contribution < 1.29 is 0 Å². The zero-order valence-corrected chi connectivity index (χ0v) is 11.8. The maximum atomic E-state index is 5.95. The molecule has 0 unspecified atom stereocenters. The van der Waals surface area contributed by atoms with Gasteiger partial charge in [0.1, 0.15) is 16.8 Å². The zero-order valence-electron chi connectivity index (χ0n) is 11.0. The minimum Gasteiger partial charge on any atom is -0.366 e. The molecule has 0 bridgehead atoms. The van der Waals surface area contributed by atoms with Crippen molar-refractivity contribution in [1.29, 1.82) is 0 Å². The topological polar surface area (TPSA) is 37.8 Å². The van der Waals surface area contributed by atoms with Gasteiger partial charge in [-0.3, -0.25) is 0 Å². The highest BCUT2D eigenvalue weighted by atomic mass is 35.5. The molecule has 1 heterocycles. The van der Waals surface area contributed by atoms with Gasteiger partial charge in [-0.2, -0.15) is 0 Å². The smallest absolute Gasteiger partial charge is 0.134 e. The van der Waals surface area contributed by atoms with Crippen molar-refractivity contribution in [2.45, 2.75) is 31.7 Å². The molecule has 0 spiro atoms. The fraction of sp³-hybridized carbons (Fsp3) is 0.333. The summed E-state index contributed by atoms with van der Waals surface area (Å²) in [5.74, 6) is 1.50. The predicted molar refractivity (Wildman–Crippen MR) is 77.6 cm³/mol. The van der Waals surface area contributed by atoms with Gasteiger partial charge >= 0.3 is 0 Å². The van der Waals surface area contributed by atoms with E-state index in [1.807, 2.05) is 13.0 Å². The first-order chi connectivity index (χ1) is 9.08. The van der Waals surface area contributed by atoms with Gasteiger partial charge in [0.15, 0.2) is 0 Å². The number of benzene rings is 1. The van der Waals surface area contributed by atoms with Gasteiger partial charge in [0.25, 0.3) is 0 Å². The van der Waals surface area contributed by atoms with E-state index in [4.69, 9.17) is 11.6 Å². The Morgan fingerprint density at radius 1 is 1.26 bits per heavy atom.